The number of unbranched alkanes of at least 4 members (excludes halogenated alkanes) is 1. The van der Waals surface area contributed by atoms with Gasteiger partial charge in [0.2, 0.25) is 0 Å². The minimum atomic E-state index is -0.323. The molecule has 1 saturated carbocycles. The minimum absolute atomic E-state index is 0.115. The molecule has 27 heavy (non-hydrogen) atoms. The van der Waals surface area contributed by atoms with E-state index in [0.29, 0.717) is 17.7 Å². The summed E-state index contributed by atoms with van der Waals surface area (Å²) in [7, 11) is 0. The third kappa shape index (κ3) is 4.06. The molecule has 8 heteroatoms. The molecule has 2 aliphatic rings. The Morgan fingerprint density at radius 2 is 2.07 bits per heavy atom. The van der Waals surface area contributed by atoms with E-state index in [9.17, 15) is 5.11 Å². The van der Waals surface area contributed by atoms with Gasteiger partial charge in [0.1, 0.15) is 11.6 Å². The van der Waals surface area contributed by atoms with Crippen LogP contribution in [-0.4, -0.2) is 49.6 Å². The van der Waals surface area contributed by atoms with E-state index in [1.165, 1.54) is 0 Å². The molecular weight excluding hydrogens is 360 g/mol. The molecule has 0 radical (unpaired) electrons. The highest BCUT2D eigenvalue weighted by Gasteiger charge is 2.42. The van der Waals surface area contributed by atoms with Gasteiger partial charge in [0.25, 0.3) is 0 Å². The number of nitrogens with two attached hydrogens (primary N) is 1. The van der Waals surface area contributed by atoms with Gasteiger partial charge in [-0.2, -0.15) is 0 Å². The van der Waals surface area contributed by atoms with E-state index in [1.54, 1.807) is 18.0 Å². The number of hydrogen-bond donors (Lipinski definition) is 2. The van der Waals surface area contributed by atoms with E-state index in [0.717, 1.165) is 55.5 Å². The van der Waals surface area contributed by atoms with Gasteiger partial charge in [0.15, 0.2) is 5.16 Å². The summed E-state index contributed by atoms with van der Waals surface area (Å²) in [4.78, 5) is 15.6. The highest BCUT2D eigenvalue weighted by molar-refractivity contribution is 7.99. The monoisotopic (exact) mass is 388 g/mol. The van der Waals surface area contributed by atoms with Crippen LogP contribution in [0.25, 0.3) is 0 Å². The molecule has 0 unspecified atom stereocenters. The number of anilines is 2. The summed E-state index contributed by atoms with van der Waals surface area (Å²) >= 11 is 1.68. The molecule has 0 spiro atoms. The molecule has 4 atom stereocenters. The fraction of sp³-hybridized carbons (Fsp3) is 0.632. The molecule has 4 rings (SSSR count). The maximum atomic E-state index is 10.6. The zero-order valence-corrected chi connectivity index (χ0v) is 16.6. The summed E-state index contributed by atoms with van der Waals surface area (Å²) in [6.45, 7) is 4.07. The van der Waals surface area contributed by atoms with Gasteiger partial charge in [0.05, 0.1) is 18.5 Å². The fourth-order valence-electron chi connectivity index (χ4n) is 4.35. The van der Waals surface area contributed by atoms with Crippen LogP contribution >= 0.6 is 11.8 Å². The Morgan fingerprint density at radius 3 is 2.81 bits per heavy atom. The number of imidazole rings is 1. The van der Waals surface area contributed by atoms with Crippen LogP contribution in [0.1, 0.15) is 38.6 Å². The molecule has 3 N–H and O–H groups in total. The number of nitrogen functional groups attached to an aromatic ring is 1. The third-order valence-electron chi connectivity index (χ3n) is 5.78. The second-order valence-electron chi connectivity index (χ2n) is 7.68. The van der Waals surface area contributed by atoms with E-state index < -0.39 is 0 Å². The van der Waals surface area contributed by atoms with Crippen molar-refractivity contribution in [3.63, 3.8) is 0 Å². The van der Waals surface area contributed by atoms with Gasteiger partial charge < -0.3 is 20.3 Å². The van der Waals surface area contributed by atoms with Crippen molar-refractivity contribution >= 4 is 23.4 Å². The lowest BCUT2D eigenvalue weighted by Gasteiger charge is -2.35. The molecule has 3 heterocycles. The molecule has 2 aromatic heterocycles. The SMILES string of the molecule is CCCCSc1nc(N)cc(N2C[C@H]3C[C@@H](n4ccnc4)[C@H](O)C[C@H]3C2)n1. The zero-order chi connectivity index (χ0) is 18.8. The quantitative estimate of drug-likeness (QED) is 0.446. The van der Waals surface area contributed by atoms with E-state index in [-0.39, 0.29) is 12.1 Å². The Kier molecular flexibility index (Phi) is 5.54. The second kappa shape index (κ2) is 8.06. The van der Waals surface area contributed by atoms with Crippen molar-refractivity contribution in [3.05, 3.63) is 24.8 Å². The van der Waals surface area contributed by atoms with Gasteiger partial charge in [-0.1, -0.05) is 25.1 Å². The number of aromatic nitrogens is 4. The van der Waals surface area contributed by atoms with Crippen LogP contribution in [0.15, 0.2) is 29.9 Å². The summed E-state index contributed by atoms with van der Waals surface area (Å²) in [6, 6.07) is 2.00. The van der Waals surface area contributed by atoms with Crippen LogP contribution in [0.5, 0.6) is 0 Å². The van der Waals surface area contributed by atoms with E-state index in [4.69, 9.17) is 10.7 Å². The average Bonchev–Trinajstić information content (AvgIpc) is 3.30. The topological polar surface area (TPSA) is 93.1 Å². The predicted octanol–water partition coefficient (Wildman–Crippen LogP) is 2.60. The lowest BCUT2D eigenvalue weighted by Crippen LogP contribution is -2.35. The maximum Gasteiger partial charge on any atom is 0.191 e. The average molecular weight is 389 g/mol. The molecule has 2 fully saturated rings. The fourth-order valence-corrected chi connectivity index (χ4v) is 5.29. The van der Waals surface area contributed by atoms with Gasteiger partial charge in [0, 0.05) is 37.3 Å². The Labute approximate surface area is 164 Å². The highest BCUT2D eigenvalue weighted by atomic mass is 32.2. The van der Waals surface area contributed by atoms with Crippen molar-refractivity contribution in [2.75, 3.05) is 29.5 Å². The number of rotatable bonds is 6. The van der Waals surface area contributed by atoms with Crippen LogP contribution in [0, 0.1) is 11.8 Å². The van der Waals surface area contributed by atoms with E-state index in [1.807, 2.05) is 18.6 Å². The summed E-state index contributed by atoms with van der Waals surface area (Å²) in [5.41, 5.74) is 6.04. The van der Waals surface area contributed by atoms with Gasteiger partial charge in [-0.05, 0) is 31.1 Å². The van der Waals surface area contributed by atoms with Crippen molar-refractivity contribution < 1.29 is 5.11 Å². The van der Waals surface area contributed by atoms with Crippen LogP contribution < -0.4 is 10.6 Å². The van der Waals surface area contributed by atoms with Gasteiger partial charge in [-0.15, -0.1) is 0 Å². The molecule has 0 aromatic carbocycles. The van der Waals surface area contributed by atoms with Crippen LogP contribution in [-0.2, 0) is 0 Å². The van der Waals surface area contributed by atoms with E-state index in [2.05, 4.69) is 26.4 Å². The summed E-state index contributed by atoms with van der Waals surface area (Å²) < 4.78 is 2.05. The molecule has 146 valence electrons. The molecule has 0 amide bonds. The predicted molar refractivity (Wildman–Crippen MR) is 108 cm³/mol. The smallest absolute Gasteiger partial charge is 0.191 e. The number of fused-ring (bicyclic) bond motifs is 1. The van der Waals surface area contributed by atoms with Crippen molar-refractivity contribution in [1.82, 2.24) is 19.5 Å². The van der Waals surface area contributed by atoms with Crippen molar-refractivity contribution in [1.29, 1.82) is 0 Å². The highest BCUT2D eigenvalue weighted by Crippen LogP contribution is 2.42. The molecule has 1 aliphatic heterocycles. The largest absolute Gasteiger partial charge is 0.391 e. The molecule has 1 saturated heterocycles. The Bertz CT molecular complexity index is 755. The zero-order valence-electron chi connectivity index (χ0n) is 15.7. The van der Waals surface area contributed by atoms with Gasteiger partial charge >= 0.3 is 0 Å². The standard InChI is InChI=1S/C19H28N6OS/c1-2-3-6-27-19-22-17(20)9-18(23-19)25-10-13-7-15(24-5-4-21-12-24)16(26)8-14(13)11-25/h4-5,9,12-16,26H,2-3,6-8,10-11H2,1H3,(H2,20,22,23)/t13-,14+,15-,16-/m1/s1. The molecular formula is C19H28N6OS. The molecule has 7 nitrogen and oxygen atoms in total. The first kappa shape index (κ1) is 18.6. The Balaban J connectivity index is 1.46. The maximum absolute atomic E-state index is 10.6. The van der Waals surface area contributed by atoms with Crippen molar-refractivity contribution in [2.24, 2.45) is 11.8 Å². The molecule has 2 aromatic rings. The normalized spacial score (nSPS) is 27.7. The van der Waals surface area contributed by atoms with Crippen LogP contribution in [0.4, 0.5) is 11.6 Å². The number of aliphatic hydroxyl groups is 1. The van der Waals surface area contributed by atoms with Crippen molar-refractivity contribution in [3.8, 4) is 0 Å². The number of aliphatic hydroxyl groups excluding tert-OH is 1. The Morgan fingerprint density at radius 1 is 1.26 bits per heavy atom. The summed E-state index contributed by atoms with van der Waals surface area (Å²) in [5, 5.41) is 11.4. The lowest BCUT2D eigenvalue weighted by atomic mass is 9.77. The number of nitrogens with zero attached hydrogens (tertiary/aromatic N) is 5. The first-order valence-electron chi connectivity index (χ1n) is 9.82. The third-order valence-corrected chi connectivity index (χ3v) is 6.72. The van der Waals surface area contributed by atoms with Gasteiger partial charge in [-0.3, -0.25) is 0 Å². The minimum Gasteiger partial charge on any atom is -0.391 e. The molecule has 1 aliphatic carbocycles. The number of hydrogen-bond acceptors (Lipinski definition) is 7. The lowest BCUT2D eigenvalue weighted by molar-refractivity contribution is 0.0358. The van der Waals surface area contributed by atoms with Crippen LogP contribution in [0.3, 0.4) is 0 Å². The van der Waals surface area contributed by atoms with E-state index >= 15 is 0 Å². The first-order chi connectivity index (χ1) is 13.1. The summed E-state index contributed by atoms with van der Waals surface area (Å²) in [5.74, 6) is 3.51. The Hall–Kier alpha value is -1.80. The second-order valence-corrected chi connectivity index (χ2v) is 8.74. The van der Waals surface area contributed by atoms with Gasteiger partial charge in [-0.25, -0.2) is 15.0 Å². The number of thioether (sulfide) groups is 1. The molecule has 0 bridgehead atoms. The van der Waals surface area contributed by atoms with Crippen molar-refractivity contribution in [2.45, 2.75) is 49.9 Å². The van der Waals surface area contributed by atoms with Crippen LogP contribution in [0.2, 0.25) is 0 Å². The summed E-state index contributed by atoms with van der Waals surface area (Å²) in [6.07, 6.45) is 9.33. The first-order valence-corrected chi connectivity index (χ1v) is 10.8.